The minimum atomic E-state index is 1.27. The van der Waals surface area contributed by atoms with Crippen molar-refractivity contribution in [1.82, 2.24) is 0 Å². The Bertz CT molecular complexity index is 1020. The molecule has 2 heterocycles. The number of fused-ring (bicyclic) bond motifs is 5. The molecule has 0 atom stereocenters. The highest BCUT2D eigenvalue weighted by molar-refractivity contribution is 6.18. The van der Waals surface area contributed by atoms with Gasteiger partial charge in [0.15, 0.2) is 18.1 Å². The van der Waals surface area contributed by atoms with E-state index in [0.717, 1.165) is 0 Å². The quantitative estimate of drug-likeness (QED) is 0.344. The molecule has 0 saturated carbocycles. The Morgan fingerprint density at radius 2 is 1.48 bits per heavy atom. The van der Waals surface area contributed by atoms with Crippen LogP contribution in [0.25, 0.3) is 32.4 Å². The molecule has 0 aliphatic carbocycles. The maximum Gasteiger partial charge on any atom is 0.212 e. The Morgan fingerprint density at radius 1 is 0.762 bits per heavy atom. The van der Waals surface area contributed by atoms with Crippen molar-refractivity contribution in [2.24, 2.45) is 14.1 Å². The summed E-state index contributed by atoms with van der Waals surface area (Å²) in [5.41, 5.74) is 2.54. The van der Waals surface area contributed by atoms with E-state index >= 15 is 0 Å². The van der Waals surface area contributed by atoms with E-state index in [4.69, 9.17) is 0 Å². The van der Waals surface area contributed by atoms with Gasteiger partial charge in [-0.15, -0.1) is 0 Å². The first-order chi connectivity index (χ1) is 10.1. The van der Waals surface area contributed by atoms with Gasteiger partial charge in [0.25, 0.3) is 0 Å². The summed E-state index contributed by atoms with van der Waals surface area (Å²) in [6.45, 7) is 2.16. The second-order valence-corrected chi connectivity index (χ2v) is 5.82. The third-order valence-corrected chi connectivity index (χ3v) is 4.44. The van der Waals surface area contributed by atoms with Crippen molar-refractivity contribution >= 4 is 32.4 Å². The predicted molar refractivity (Wildman–Crippen MR) is 86.0 cm³/mol. The van der Waals surface area contributed by atoms with E-state index in [2.05, 4.69) is 85.0 Å². The predicted octanol–water partition coefficient (Wildman–Crippen LogP) is 3.10. The van der Waals surface area contributed by atoms with Gasteiger partial charge in [-0.3, -0.25) is 0 Å². The zero-order valence-electron chi connectivity index (χ0n) is 12.6. The molecule has 0 radical (unpaired) electrons. The molecule has 0 spiro atoms. The van der Waals surface area contributed by atoms with E-state index in [1.807, 2.05) is 0 Å². The topological polar surface area (TPSA) is 7.76 Å². The Morgan fingerprint density at radius 3 is 2.33 bits per heavy atom. The summed E-state index contributed by atoms with van der Waals surface area (Å²) in [5, 5.41) is 6.58. The Hall–Kier alpha value is -2.48. The van der Waals surface area contributed by atoms with Gasteiger partial charge in [0, 0.05) is 40.6 Å². The van der Waals surface area contributed by atoms with Gasteiger partial charge in [0.2, 0.25) is 5.52 Å². The van der Waals surface area contributed by atoms with Crippen LogP contribution in [0.3, 0.4) is 0 Å². The second-order valence-electron chi connectivity index (χ2n) is 5.82. The zero-order valence-corrected chi connectivity index (χ0v) is 12.6. The van der Waals surface area contributed by atoms with Crippen LogP contribution in [0, 0.1) is 6.92 Å². The van der Waals surface area contributed by atoms with Crippen LogP contribution in [0.4, 0.5) is 0 Å². The van der Waals surface area contributed by atoms with Gasteiger partial charge in [-0.05, 0) is 18.2 Å². The van der Waals surface area contributed by atoms with E-state index < -0.39 is 0 Å². The molecule has 2 nitrogen and oxygen atoms in total. The van der Waals surface area contributed by atoms with Crippen LogP contribution in [-0.4, -0.2) is 0 Å². The molecule has 0 bridgehead atoms. The fourth-order valence-corrected chi connectivity index (χ4v) is 3.22. The maximum atomic E-state index is 2.30. The lowest BCUT2D eigenvalue weighted by Gasteiger charge is -2.06. The van der Waals surface area contributed by atoms with Crippen LogP contribution in [0.5, 0.6) is 0 Å². The number of rotatable bonds is 0. The molecule has 102 valence electrons. The molecule has 4 rings (SSSR count). The molecule has 2 aromatic carbocycles. The van der Waals surface area contributed by atoms with Crippen LogP contribution in [0.1, 0.15) is 5.69 Å². The van der Waals surface area contributed by atoms with E-state index in [9.17, 15) is 0 Å². The van der Waals surface area contributed by atoms with Gasteiger partial charge in [0.1, 0.15) is 14.1 Å². The van der Waals surface area contributed by atoms with Crippen molar-refractivity contribution in [3.63, 3.8) is 0 Å². The molecular formula is C19H18N2+2. The number of para-hydroxylation sites is 1. The lowest BCUT2D eigenvalue weighted by Crippen LogP contribution is -2.31. The van der Waals surface area contributed by atoms with E-state index in [1.54, 1.807) is 0 Å². The van der Waals surface area contributed by atoms with E-state index in [-0.39, 0.29) is 0 Å². The lowest BCUT2D eigenvalue weighted by atomic mass is 10.00. The molecule has 4 aromatic rings. The van der Waals surface area contributed by atoms with Crippen LogP contribution < -0.4 is 9.13 Å². The lowest BCUT2D eigenvalue weighted by molar-refractivity contribution is -0.676. The highest BCUT2D eigenvalue weighted by atomic mass is 14.9. The molecule has 0 saturated heterocycles. The van der Waals surface area contributed by atoms with Crippen LogP contribution >= 0.6 is 0 Å². The van der Waals surface area contributed by atoms with Crippen molar-refractivity contribution in [1.29, 1.82) is 0 Å². The maximum absolute atomic E-state index is 2.30. The average molecular weight is 274 g/mol. The van der Waals surface area contributed by atoms with Crippen LogP contribution in [0.2, 0.25) is 0 Å². The molecule has 0 aliphatic heterocycles. The smallest absolute Gasteiger partial charge is 0.205 e. The fourth-order valence-electron chi connectivity index (χ4n) is 3.22. The normalized spacial score (nSPS) is 11.6. The number of aromatic nitrogens is 2. The molecule has 0 aliphatic rings. The standard InChI is InChI=1S/C19H18N2/c1-13-10-17-14(11-20(13)2)8-9-15-12-21(3)18-7-5-4-6-16(18)19(15)17/h4-12H,1-3H3/q+2. The highest BCUT2D eigenvalue weighted by Gasteiger charge is 2.14. The summed E-state index contributed by atoms with van der Waals surface area (Å²) in [4.78, 5) is 0. The number of nitrogens with zero attached hydrogens (tertiary/aromatic N) is 2. The molecule has 0 unspecified atom stereocenters. The number of hydrogen-bond acceptors (Lipinski definition) is 0. The Balaban J connectivity index is 2.34. The Labute approximate surface area is 123 Å². The minimum absolute atomic E-state index is 1.27. The van der Waals surface area contributed by atoms with Crippen molar-refractivity contribution < 1.29 is 9.13 Å². The van der Waals surface area contributed by atoms with Gasteiger partial charge in [-0.25, -0.2) is 9.13 Å². The van der Waals surface area contributed by atoms with Crippen LogP contribution in [0.15, 0.2) is 54.9 Å². The van der Waals surface area contributed by atoms with E-state index in [1.165, 1.54) is 38.1 Å². The molecular weight excluding hydrogens is 256 g/mol. The van der Waals surface area contributed by atoms with Crippen molar-refractivity contribution in [3.8, 4) is 0 Å². The summed E-state index contributed by atoms with van der Waals surface area (Å²) in [6.07, 6.45) is 4.44. The zero-order chi connectivity index (χ0) is 14.6. The van der Waals surface area contributed by atoms with Gasteiger partial charge in [0.05, 0.1) is 5.39 Å². The highest BCUT2D eigenvalue weighted by Crippen LogP contribution is 2.29. The third-order valence-electron chi connectivity index (χ3n) is 4.44. The average Bonchev–Trinajstić information content (AvgIpc) is 2.49. The third kappa shape index (κ3) is 1.72. The first-order valence-electron chi connectivity index (χ1n) is 7.25. The minimum Gasteiger partial charge on any atom is -0.205 e. The monoisotopic (exact) mass is 274 g/mol. The largest absolute Gasteiger partial charge is 0.212 e. The van der Waals surface area contributed by atoms with Gasteiger partial charge in [-0.2, -0.15) is 0 Å². The number of pyridine rings is 2. The van der Waals surface area contributed by atoms with Crippen molar-refractivity contribution in [2.45, 2.75) is 6.92 Å². The second kappa shape index (κ2) is 4.26. The molecule has 21 heavy (non-hydrogen) atoms. The number of hydrogen-bond donors (Lipinski definition) is 0. The number of aryl methyl sites for hydroxylation is 3. The van der Waals surface area contributed by atoms with Crippen molar-refractivity contribution in [3.05, 3.63) is 60.6 Å². The summed E-state index contributed by atoms with van der Waals surface area (Å²) in [7, 11) is 4.21. The summed E-state index contributed by atoms with van der Waals surface area (Å²) in [5.74, 6) is 0. The summed E-state index contributed by atoms with van der Waals surface area (Å²) >= 11 is 0. The van der Waals surface area contributed by atoms with Gasteiger partial charge in [-0.1, -0.05) is 12.1 Å². The first-order valence-corrected chi connectivity index (χ1v) is 7.25. The van der Waals surface area contributed by atoms with Gasteiger partial charge < -0.3 is 0 Å². The molecule has 0 fully saturated rings. The molecule has 0 N–H and O–H groups in total. The SMILES string of the molecule is Cc1cc2c(ccc3c[n+](C)c4ccccc4c32)c[n+]1C. The molecule has 0 amide bonds. The summed E-state index contributed by atoms with van der Waals surface area (Å²) in [6, 6.07) is 15.4. The fraction of sp³-hybridized carbons (Fsp3) is 0.158. The summed E-state index contributed by atoms with van der Waals surface area (Å²) < 4.78 is 4.39. The Kier molecular flexibility index (Phi) is 2.49. The first kappa shape index (κ1) is 12.3. The van der Waals surface area contributed by atoms with Gasteiger partial charge >= 0.3 is 0 Å². The van der Waals surface area contributed by atoms with E-state index in [0.29, 0.717) is 0 Å². The number of benzene rings is 2. The molecule has 2 aromatic heterocycles. The van der Waals surface area contributed by atoms with Crippen molar-refractivity contribution in [2.75, 3.05) is 0 Å². The van der Waals surface area contributed by atoms with Crippen LogP contribution in [-0.2, 0) is 14.1 Å². The molecule has 2 heteroatoms.